The van der Waals surface area contributed by atoms with Crippen molar-refractivity contribution in [2.75, 3.05) is 5.73 Å². The largest absolute Gasteiger partial charge is 0.382 e. The molecule has 17 heavy (non-hydrogen) atoms. The number of anilines is 1. The van der Waals surface area contributed by atoms with E-state index in [1.54, 1.807) is 4.68 Å². The van der Waals surface area contributed by atoms with Crippen LogP contribution in [0.3, 0.4) is 0 Å². The van der Waals surface area contributed by atoms with Gasteiger partial charge in [0.2, 0.25) is 0 Å². The predicted octanol–water partition coefficient (Wildman–Crippen LogP) is -0.278. The fourth-order valence-electron chi connectivity index (χ4n) is 1.31. The summed E-state index contributed by atoms with van der Waals surface area (Å²) in [6.45, 7) is 0.343. The van der Waals surface area contributed by atoms with Gasteiger partial charge in [0.05, 0.1) is 24.6 Å². The second-order valence-electron chi connectivity index (χ2n) is 3.49. The molecule has 0 unspecified atom stereocenters. The van der Waals surface area contributed by atoms with Gasteiger partial charge in [-0.25, -0.2) is 4.98 Å². The highest BCUT2D eigenvalue weighted by atomic mass is 16.1. The first kappa shape index (κ1) is 11.1. The van der Waals surface area contributed by atoms with Gasteiger partial charge in [0.25, 0.3) is 5.91 Å². The molecule has 2 aromatic heterocycles. The van der Waals surface area contributed by atoms with Crippen LogP contribution in [0.15, 0.2) is 24.7 Å². The third-order valence-corrected chi connectivity index (χ3v) is 2.08. The van der Waals surface area contributed by atoms with Crippen molar-refractivity contribution in [3.63, 3.8) is 0 Å². The maximum Gasteiger partial charge on any atom is 0.271 e. The summed E-state index contributed by atoms with van der Waals surface area (Å²) < 4.78 is 1.67. The number of nitrogens with zero attached hydrogens (tertiary/aromatic N) is 4. The van der Waals surface area contributed by atoms with Gasteiger partial charge in [-0.1, -0.05) is 0 Å². The molecule has 2 aromatic rings. The summed E-state index contributed by atoms with van der Waals surface area (Å²) in [5.74, 6) is -0.106. The number of carbonyl (C=O) groups excluding carboxylic acids is 1. The molecule has 0 bridgehead atoms. The first-order chi connectivity index (χ1) is 8.15. The number of rotatable bonds is 3. The molecule has 0 aromatic carbocycles. The Morgan fingerprint density at radius 3 is 3.00 bits per heavy atom. The summed E-state index contributed by atoms with van der Waals surface area (Å²) >= 11 is 0. The molecule has 2 rings (SSSR count). The highest BCUT2D eigenvalue weighted by Gasteiger charge is 2.08. The van der Waals surface area contributed by atoms with Crippen LogP contribution < -0.4 is 11.1 Å². The Morgan fingerprint density at radius 2 is 2.35 bits per heavy atom. The van der Waals surface area contributed by atoms with E-state index in [9.17, 15) is 4.79 Å². The molecule has 7 heteroatoms. The molecule has 0 fully saturated rings. The Morgan fingerprint density at radius 1 is 1.53 bits per heavy atom. The zero-order chi connectivity index (χ0) is 12.3. The van der Waals surface area contributed by atoms with Crippen LogP contribution in [0, 0.1) is 0 Å². The predicted molar refractivity (Wildman–Crippen MR) is 60.8 cm³/mol. The average Bonchev–Trinajstić information content (AvgIpc) is 2.72. The normalized spacial score (nSPS) is 10.2. The van der Waals surface area contributed by atoms with E-state index in [0.29, 0.717) is 6.54 Å². The quantitative estimate of drug-likeness (QED) is 0.758. The fourth-order valence-corrected chi connectivity index (χ4v) is 1.31. The summed E-state index contributed by atoms with van der Waals surface area (Å²) in [5.41, 5.74) is 6.41. The van der Waals surface area contributed by atoms with Crippen LogP contribution >= 0.6 is 0 Å². The minimum absolute atomic E-state index is 0.195. The third-order valence-electron chi connectivity index (χ3n) is 2.08. The second kappa shape index (κ2) is 4.60. The minimum atomic E-state index is -0.324. The highest BCUT2D eigenvalue weighted by Crippen LogP contribution is 1.98. The van der Waals surface area contributed by atoms with Crippen LogP contribution in [0.2, 0.25) is 0 Å². The molecule has 2 heterocycles. The number of nitrogens with two attached hydrogens (primary N) is 1. The number of aromatic nitrogens is 4. The molecular formula is C10H12N6O. The van der Waals surface area contributed by atoms with Crippen molar-refractivity contribution >= 4 is 11.7 Å². The van der Waals surface area contributed by atoms with E-state index in [4.69, 9.17) is 5.73 Å². The number of hydrogen-bond acceptors (Lipinski definition) is 5. The van der Waals surface area contributed by atoms with Crippen molar-refractivity contribution in [1.82, 2.24) is 25.1 Å². The summed E-state index contributed by atoms with van der Waals surface area (Å²) in [6, 6.07) is 1.82. The lowest BCUT2D eigenvalue weighted by atomic mass is 10.4. The van der Waals surface area contributed by atoms with E-state index >= 15 is 0 Å². The monoisotopic (exact) mass is 232 g/mol. The first-order valence-corrected chi connectivity index (χ1v) is 4.99. The Kier molecular flexibility index (Phi) is 2.99. The van der Waals surface area contributed by atoms with Crippen LogP contribution in [-0.4, -0.2) is 25.7 Å². The Bertz CT molecular complexity index is 535. The number of nitrogens with one attached hydrogen (secondary N) is 1. The van der Waals surface area contributed by atoms with Crippen LogP contribution in [0.25, 0.3) is 0 Å². The zero-order valence-electron chi connectivity index (χ0n) is 9.29. The summed E-state index contributed by atoms with van der Waals surface area (Å²) in [7, 11) is 1.81. The SMILES string of the molecule is Cn1ccc(CNC(=O)c2cncc(N)n2)n1. The smallest absolute Gasteiger partial charge is 0.271 e. The fraction of sp³-hybridized carbons (Fsp3) is 0.200. The molecule has 0 radical (unpaired) electrons. The van der Waals surface area contributed by atoms with Crippen molar-refractivity contribution in [1.29, 1.82) is 0 Å². The number of aryl methyl sites for hydroxylation is 1. The lowest BCUT2D eigenvalue weighted by Crippen LogP contribution is -2.24. The van der Waals surface area contributed by atoms with Crippen molar-refractivity contribution in [2.24, 2.45) is 7.05 Å². The Labute approximate surface area is 97.7 Å². The van der Waals surface area contributed by atoms with E-state index in [-0.39, 0.29) is 17.4 Å². The third kappa shape index (κ3) is 2.77. The van der Waals surface area contributed by atoms with Gasteiger partial charge in [0.1, 0.15) is 11.5 Å². The van der Waals surface area contributed by atoms with E-state index < -0.39 is 0 Å². The maximum absolute atomic E-state index is 11.7. The molecule has 0 atom stereocenters. The zero-order valence-corrected chi connectivity index (χ0v) is 9.29. The second-order valence-corrected chi connectivity index (χ2v) is 3.49. The van der Waals surface area contributed by atoms with Crippen molar-refractivity contribution in [2.45, 2.75) is 6.54 Å². The molecule has 0 saturated carbocycles. The molecule has 0 spiro atoms. The molecule has 0 aliphatic carbocycles. The van der Waals surface area contributed by atoms with Gasteiger partial charge < -0.3 is 11.1 Å². The molecule has 0 aliphatic heterocycles. The number of amides is 1. The van der Waals surface area contributed by atoms with Crippen LogP contribution in [-0.2, 0) is 13.6 Å². The van der Waals surface area contributed by atoms with Crippen molar-refractivity contribution in [3.8, 4) is 0 Å². The summed E-state index contributed by atoms with van der Waals surface area (Å²) in [5, 5.41) is 6.82. The van der Waals surface area contributed by atoms with Gasteiger partial charge >= 0.3 is 0 Å². The summed E-state index contributed by atoms with van der Waals surface area (Å²) in [4.78, 5) is 19.3. The Balaban J connectivity index is 1.98. The molecule has 1 amide bonds. The number of hydrogen-bond donors (Lipinski definition) is 2. The highest BCUT2D eigenvalue weighted by molar-refractivity contribution is 5.92. The number of nitrogen functional groups attached to an aromatic ring is 1. The van der Waals surface area contributed by atoms with Gasteiger partial charge in [0, 0.05) is 13.2 Å². The Hall–Kier alpha value is -2.44. The molecule has 0 aliphatic rings. The topological polar surface area (TPSA) is 98.7 Å². The van der Waals surface area contributed by atoms with Gasteiger partial charge in [-0.3, -0.25) is 14.5 Å². The van der Waals surface area contributed by atoms with Crippen LogP contribution in [0.4, 0.5) is 5.82 Å². The van der Waals surface area contributed by atoms with E-state index in [2.05, 4.69) is 20.4 Å². The molecule has 88 valence electrons. The molecule has 0 saturated heterocycles. The van der Waals surface area contributed by atoms with Crippen molar-refractivity contribution in [3.05, 3.63) is 36.0 Å². The van der Waals surface area contributed by atoms with Gasteiger partial charge in [-0.2, -0.15) is 5.10 Å². The van der Waals surface area contributed by atoms with Crippen LogP contribution in [0.5, 0.6) is 0 Å². The minimum Gasteiger partial charge on any atom is -0.382 e. The lowest BCUT2D eigenvalue weighted by Gasteiger charge is -2.02. The maximum atomic E-state index is 11.7. The number of carbonyl (C=O) groups is 1. The van der Waals surface area contributed by atoms with E-state index in [0.717, 1.165) is 5.69 Å². The lowest BCUT2D eigenvalue weighted by molar-refractivity contribution is 0.0945. The van der Waals surface area contributed by atoms with Gasteiger partial charge in [-0.05, 0) is 6.07 Å². The van der Waals surface area contributed by atoms with Crippen LogP contribution in [0.1, 0.15) is 16.2 Å². The van der Waals surface area contributed by atoms with Crippen molar-refractivity contribution < 1.29 is 4.79 Å². The molecule has 7 nitrogen and oxygen atoms in total. The average molecular weight is 232 g/mol. The first-order valence-electron chi connectivity index (χ1n) is 4.99. The molecule has 3 N–H and O–H groups in total. The van der Waals surface area contributed by atoms with Gasteiger partial charge in [-0.15, -0.1) is 0 Å². The van der Waals surface area contributed by atoms with E-state index in [1.807, 2.05) is 19.3 Å². The standard InChI is InChI=1S/C10H12N6O/c1-16-3-2-7(15-16)4-13-10(17)8-5-12-6-9(11)14-8/h2-3,5-6H,4H2,1H3,(H2,11,14)(H,13,17). The summed E-state index contributed by atoms with van der Waals surface area (Å²) in [6.07, 6.45) is 4.56. The van der Waals surface area contributed by atoms with Gasteiger partial charge in [0.15, 0.2) is 0 Å². The van der Waals surface area contributed by atoms with E-state index in [1.165, 1.54) is 12.4 Å². The molecular weight excluding hydrogens is 220 g/mol.